The number of nitrogens with zero attached hydrogens (tertiary/aromatic N) is 1. The summed E-state index contributed by atoms with van der Waals surface area (Å²) in [6, 6.07) is 19.7. The Kier molecular flexibility index (Phi) is 2.97. The smallest absolute Gasteiger partial charge is 0.141 e. The van der Waals surface area contributed by atoms with Gasteiger partial charge in [0.25, 0.3) is 0 Å². The molecule has 96 valence electrons. The van der Waals surface area contributed by atoms with Gasteiger partial charge in [0.1, 0.15) is 11.8 Å². The van der Waals surface area contributed by atoms with Crippen molar-refractivity contribution in [3.05, 3.63) is 77.5 Å². The molecule has 1 atom stereocenters. The molecule has 0 spiro atoms. The second-order valence-corrected chi connectivity index (χ2v) is 4.66. The van der Waals surface area contributed by atoms with E-state index in [2.05, 4.69) is 5.43 Å². The number of nitrogens with one attached hydrogen (secondary N) is 1. The van der Waals surface area contributed by atoms with E-state index in [1.807, 2.05) is 72.7 Å². The normalized spacial score (nSPS) is 19.5. The Morgan fingerprint density at radius 2 is 1.53 bits per heavy atom. The van der Waals surface area contributed by atoms with Gasteiger partial charge in [-0.2, -0.15) is 0 Å². The fourth-order valence-electron chi connectivity index (χ4n) is 2.45. The summed E-state index contributed by atoms with van der Waals surface area (Å²) >= 11 is 0. The van der Waals surface area contributed by atoms with Gasteiger partial charge in [-0.15, -0.1) is 0 Å². The molecular weight excluding hydrogens is 236 g/mol. The highest BCUT2D eigenvalue weighted by Crippen LogP contribution is 2.34. The van der Waals surface area contributed by atoms with Crippen LogP contribution in [0.2, 0.25) is 0 Å². The minimum absolute atomic E-state index is 0.142. The molecule has 0 aliphatic carbocycles. The summed E-state index contributed by atoms with van der Waals surface area (Å²) in [4.78, 5) is 0. The lowest BCUT2D eigenvalue weighted by molar-refractivity contribution is 0.214. The van der Waals surface area contributed by atoms with Crippen molar-refractivity contribution in [3.8, 4) is 0 Å². The minimum atomic E-state index is -0.142. The lowest BCUT2D eigenvalue weighted by Crippen LogP contribution is -2.30. The summed E-state index contributed by atoms with van der Waals surface area (Å²) in [6.45, 7) is 0. The molecule has 3 heteroatoms. The molecule has 0 amide bonds. The number of likely N-dealkylation sites (N-methyl/N-ethyl adjacent to an activating group) is 1. The van der Waals surface area contributed by atoms with Gasteiger partial charge in [0.05, 0.1) is 5.70 Å². The van der Waals surface area contributed by atoms with Crippen LogP contribution in [0.3, 0.4) is 0 Å². The van der Waals surface area contributed by atoms with Gasteiger partial charge in [-0.25, -0.2) is 5.01 Å². The summed E-state index contributed by atoms with van der Waals surface area (Å²) in [7, 11) is 1.93. The monoisotopic (exact) mass is 252 g/mol. The molecule has 0 fully saturated rings. The molecule has 2 aromatic rings. The van der Waals surface area contributed by atoms with E-state index in [1.165, 1.54) is 0 Å². The van der Waals surface area contributed by atoms with E-state index in [4.69, 9.17) is 0 Å². The minimum Gasteiger partial charge on any atom is -0.508 e. The zero-order valence-electron chi connectivity index (χ0n) is 10.7. The van der Waals surface area contributed by atoms with Crippen molar-refractivity contribution in [2.45, 2.75) is 6.04 Å². The molecule has 0 saturated carbocycles. The van der Waals surface area contributed by atoms with Crippen LogP contribution in [-0.4, -0.2) is 17.2 Å². The number of hydrazine groups is 1. The SMILES string of the molecule is CN1NC(c2ccccc2)=C(O)C1c1ccccc1. The van der Waals surface area contributed by atoms with Crippen LogP contribution in [-0.2, 0) is 0 Å². The third-order valence-corrected chi connectivity index (χ3v) is 3.37. The molecule has 3 rings (SSSR count). The van der Waals surface area contributed by atoms with Crippen LogP contribution < -0.4 is 5.43 Å². The van der Waals surface area contributed by atoms with Crippen molar-refractivity contribution < 1.29 is 5.11 Å². The van der Waals surface area contributed by atoms with Crippen LogP contribution in [0.4, 0.5) is 0 Å². The van der Waals surface area contributed by atoms with E-state index in [0.717, 1.165) is 16.8 Å². The van der Waals surface area contributed by atoms with Crippen LogP contribution in [0.5, 0.6) is 0 Å². The van der Waals surface area contributed by atoms with Crippen molar-refractivity contribution in [2.75, 3.05) is 7.05 Å². The second kappa shape index (κ2) is 4.78. The summed E-state index contributed by atoms with van der Waals surface area (Å²) in [5, 5.41) is 12.4. The Labute approximate surface area is 112 Å². The molecule has 0 radical (unpaired) electrons. The number of aliphatic hydroxyl groups is 1. The van der Waals surface area contributed by atoms with E-state index in [0.29, 0.717) is 5.76 Å². The molecule has 2 N–H and O–H groups in total. The van der Waals surface area contributed by atoms with Crippen LogP contribution in [0.15, 0.2) is 66.4 Å². The quantitative estimate of drug-likeness (QED) is 0.862. The molecular formula is C16H16N2O. The first-order valence-corrected chi connectivity index (χ1v) is 6.30. The lowest BCUT2D eigenvalue weighted by atomic mass is 10.0. The van der Waals surface area contributed by atoms with Crippen LogP contribution in [0, 0.1) is 0 Å². The van der Waals surface area contributed by atoms with Crippen LogP contribution in [0.1, 0.15) is 17.2 Å². The molecule has 1 heterocycles. The molecule has 19 heavy (non-hydrogen) atoms. The summed E-state index contributed by atoms with van der Waals surface area (Å²) in [5.41, 5.74) is 6.07. The van der Waals surface area contributed by atoms with E-state index < -0.39 is 0 Å². The zero-order valence-corrected chi connectivity index (χ0v) is 10.7. The fourth-order valence-corrected chi connectivity index (χ4v) is 2.45. The Morgan fingerprint density at radius 3 is 2.16 bits per heavy atom. The van der Waals surface area contributed by atoms with Gasteiger partial charge in [0.15, 0.2) is 0 Å². The number of hydrogen-bond donors (Lipinski definition) is 2. The molecule has 1 aliphatic heterocycles. The first kappa shape index (κ1) is 11.8. The van der Waals surface area contributed by atoms with Crippen molar-refractivity contribution >= 4 is 5.70 Å². The number of aliphatic hydroxyl groups excluding tert-OH is 1. The van der Waals surface area contributed by atoms with E-state index in [1.54, 1.807) is 0 Å². The predicted octanol–water partition coefficient (Wildman–Crippen LogP) is 3.10. The molecule has 1 unspecified atom stereocenters. The largest absolute Gasteiger partial charge is 0.508 e. The van der Waals surface area contributed by atoms with Gasteiger partial charge >= 0.3 is 0 Å². The molecule has 2 aromatic carbocycles. The van der Waals surface area contributed by atoms with E-state index in [-0.39, 0.29) is 6.04 Å². The van der Waals surface area contributed by atoms with Crippen LogP contribution in [0.25, 0.3) is 5.70 Å². The summed E-state index contributed by atoms with van der Waals surface area (Å²) in [6.07, 6.45) is 0. The van der Waals surface area contributed by atoms with Crippen molar-refractivity contribution in [1.29, 1.82) is 0 Å². The van der Waals surface area contributed by atoms with Gasteiger partial charge in [-0.1, -0.05) is 60.7 Å². The Bertz CT molecular complexity index is 593. The predicted molar refractivity (Wildman–Crippen MR) is 76.1 cm³/mol. The Hall–Kier alpha value is -2.26. The van der Waals surface area contributed by atoms with Gasteiger partial charge in [-0.05, 0) is 5.56 Å². The zero-order chi connectivity index (χ0) is 13.2. The van der Waals surface area contributed by atoms with Gasteiger partial charge in [0, 0.05) is 12.6 Å². The van der Waals surface area contributed by atoms with Crippen molar-refractivity contribution in [3.63, 3.8) is 0 Å². The standard InChI is InChI=1S/C16H16N2O/c1-18-15(13-10-6-3-7-11-13)16(19)14(17-18)12-8-4-2-5-9-12/h2-11,15,17,19H,1H3. The summed E-state index contributed by atoms with van der Waals surface area (Å²) in [5.74, 6) is 0.361. The van der Waals surface area contributed by atoms with Crippen molar-refractivity contribution in [2.24, 2.45) is 0 Å². The molecule has 1 aliphatic rings. The average Bonchev–Trinajstić information content (AvgIpc) is 2.76. The molecule has 0 aromatic heterocycles. The van der Waals surface area contributed by atoms with Gasteiger partial charge in [0.2, 0.25) is 0 Å². The topological polar surface area (TPSA) is 35.5 Å². The Balaban J connectivity index is 2.02. The number of rotatable bonds is 2. The average molecular weight is 252 g/mol. The fraction of sp³-hybridized carbons (Fsp3) is 0.125. The second-order valence-electron chi connectivity index (χ2n) is 4.66. The molecule has 3 nitrogen and oxygen atoms in total. The first-order chi connectivity index (χ1) is 9.27. The maximum atomic E-state index is 10.5. The summed E-state index contributed by atoms with van der Waals surface area (Å²) < 4.78 is 0. The van der Waals surface area contributed by atoms with Crippen molar-refractivity contribution in [1.82, 2.24) is 10.4 Å². The highest BCUT2D eigenvalue weighted by atomic mass is 16.3. The van der Waals surface area contributed by atoms with Gasteiger partial charge < -0.3 is 10.5 Å². The lowest BCUT2D eigenvalue weighted by Gasteiger charge is -2.20. The number of benzene rings is 2. The molecule has 0 bridgehead atoms. The number of hydrogen-bond acceptors (Lipinski definition) is 3. The first-order valence-electron chi connectivity index (χ1n) is 6.30. The third kappa shape index (κ3) is 2.09. The molecule has 0 saturated heterocycles. The highest BCUT2D eigenvalue weighted by Gasteiger charge is 2.31. The Morgan fingerprint density at radius 1 is 0.947 bits per heavy atom. The van der Waals surface area contributed by atoms with E-state index >= 15 is 0 Å². The highest BCUT2D eigenvalue weighted by molar-refractivity contribution is 5.68. The van der Waals surface area contributed by atoms with Crippen LogP contribution >= 0.6 is 0 Å². The van der Waals surface area contributed by atoms with Gasteiger partial charge in [-0.3, -0.25) is 0 Å². The maximum absolute atomic E-state index is 10.5. The third-order valence-electron chi connectivity index (χ3n) is 3.37. The van der Waals surface area contributed by atoms with E-state index in [9.17, 15) is 5.11 Å². The maximum Gasteiger partial charge on any atom is 0.141 e.